The molecule has 11 heavy (non-hydrogen) atoms. The van der Waals surface area contributed by atoms with Crippen LogP contribution in [0.15, 0.2) is 12.3 Å². The summed E-state index contributed by atoms with van der Waals surface area (Å²) in [5.41, 5.74) is -0.552. The SMILES string of the molecule is Cc1cn[c]cc1C(F)(F)F. The minimum absolute atomic E-state index is 0.122. The van der Waals surface area contributed by atoms with Gasteiger partial charge in [-0.1, -0.05) is 0 Å². The number of hydrogen-bond donors (Lipinski definition) is 0. The van der Waals surface area contributed by atoms with Gasteiger partial charge in [0.15, 0.2) is 0 Å². The van der Waals surface area contributed by atoms with Gasteiger partial charge in [0.05, 0.1) is 11.8 Å². The summed E-state index contributed by atoms with van der Waals surface area (Å²) in [5.74, 6) is 0. The van der Waals surface area contributed by atoms with E-state index in [0.717, 1.165) is 12.3 Å². The quantitative estimate of drug-likeness (QED) is 0.567. The van der Waals surface area contributed by atoms with Crippen molar-refractivity contribution in [3.63, 3.8) is 0 Å². The van der Waals surface area contributed by atoms with Crippen LogP contribution in [-0.2, 0) is 6.18 Å². The summed E-state index contributed by atoms with van der Waals surface area (Å²) in [6, 6.07) is 0.843. The standard InChI is InChI=1S/C7H5F3N/c1-5-4-11-3-2-6(5)7(8,9)10/h2,4H,1H3. The van der Waals surface area contributed by atoms with E-state index in [1.165, 1.54) is 6.92 Å². The molecule has 59 valence electrons. The van der Waals surface area contributed by atoms with Gasteiger partial charge < -0.3 is 0 Å². The first-order chi connectivity index (χ1) is 5.02. The van der Waals surface area contributed by atoms with E-state index in [4.69, 9.17) is 0 Å². The fourth-order valence-corrected chi connectivity index (χ4v) is 0.725. The van der Waals surface area contributed by atoms with Gasteiger partial charge in [-0.15, -0.1) is 0 Å². The van der Waals surface area contributed by atoms with Crippen molar-refractivity contribution in [1.29, 1.82) is 0 Å². The van der Waals surface area contributed by atoms with Crippen LogP contribution in [0.25, 0.3) is 0 Å². The molecule has 0 fully saturated rings. The number of pyridine rings is 1. The second-order valence-electron chi connectivity index (χ2n) is 2.13. The Balaban J connectivity index is 3.14. The molecule has 0 amide bonds. The average molecular weight is 160 g/mol. The fourth-order valence-electron chi connectivity index (χ4n) is 0.725. The molecule has 0 N–H and O–H groups in total. The van der Waals surface area contributed by atoms with Crippen molar-refractivity contribution in [2.24, 2.45) is 0 Å². The Hall–Kier alpha value is -1.06. The minimum Gasteiger partial charge on any atom is -0.254 e. The lowest BCUT2D eigenvalue weighted by atomic mass is 10.1. The van der Waals surface area contributed by atoms with Gasteiger partial charge in [-0.25, -0.2) is 0 Å². The first kappa shape index (κ1) is 8.04. The number of hydrogen-bond acceptors (Lipinski definition) is 1. The Morgan fingerprint density at radius 1 is 1.45 bits per heavy atom. The number of rotatable bonds is 0. The molecule has 0 aliphatic heterocycles. The zero-order chi connectivity index (χ0) is 8.48. The second-order valence-corrected chi connectivity index (χ2v) is 2.13. The van der Waals surface area contributed by atoms with E-state index in [2.05, 4.69) is 11.2 Å². The number of alkyl halides is 3. The highest BCUT2D eigenvalue weighted by Gasteiger charge is 2.31. The molecule has 1 aromatic heterocycles. The highest BCUT2D eigenvalue weighted by molar-refractivity contribution is 5.23. The van der Waals surface area contributed by atoms with Crippen molar-refractivity contribution in [1.82, 2.24) is 4.98 Å². The summed E-state index contributed by atoms with van der Waals surface area (Å²) in [7, 11) is 0. The molecule has 0 bridgehead atoms. The summed E-state index contributed by atoms with van der Waals surface area (Å²) in [6.07, 6.45) is -1.01. The summed E-state index contributed by atoms with van der Waals surface area (Å²) in [6.45, 7) is 1.36. The first-order valence-electron chi connectivity index (χ1n) is 2.91. The normalized spacial score (nSPS) is 11.6. The second kappa shape index (κ2) is 2.53. The fraction of sp³-hybridized carbons (Fsp3) is 0.286. The van der Waals surface area contributed by atoms with E-state index in [1.54, 1.807) is 0 Å². The Morgan fingerprint density at radius 3 is 2.45 bits per heavy atom. The van der Waals surface area contributed by atoms with Gasteiger partial charge in [0.1, 0.15) is 0 Å². The molecular formula is C7H5F3N. The molecule has 0 saturated carbocycles. The molecule has 0 aromatic carbocycles. The highest BCUT2D eigenvalue weighted by Crippen LogP contribution is 2.30. The van der Waals surface area contributed by atoms with Crippen LogP contribution in [0.1, 0.15) is 11.1 Å². The zero-order valence-corrected chi connectivity index (χ0v) is 5.74. The van der Waals surface area contributed by atoms with Gasteiger partial charge in [0.2, 0.25) is 0 Å². The summed E-state index contributed by atoms with van der Waals surface area (Å²) in [4.78, 5) is 3.43. The predicted octanol–water partition coefficient (Wildman–Crippen LogP) is 2.21. The molecule has 1 rings (SSSR count). The van der Waals surface area contributed by atoms with E-state index in [9.17, 15) is 13.2 Å². The third-order valence-electron chi connectivity index (χ3n) is 1.27. The third-order valence-corrected chi connectivity index (χ3v) is 1.27. The van der Waals surface area contributed by atoms with E-state index in [0.29, 0.717) is 0 Å². The first-order valence-corrected chi connectivity index (χ1v) is 2.91. The monoisotopic (exact) mass is 160 g/mol. The van der Waals surface area contributed by atoms with Crippen LogP contribution < -0.4 is 0 Å². The molecule has 1 aromatic rings. The van der Waals surface area contributed by atoms with Crippen molar-refractivity contribution >= 4 is 0 Å². The van der Waals surface area contributed by atoms with Gasteiger partial charge in [0.25, 0.3) is 0 Å². The van der Waals surface area contributed by atoms with Crippen molar-refractivity contribution in [2.45, 2.75) is 13.1 Å². The maximum absolute atomic E-state index is 12.0. The van der Waals surface area contributed by atoms with E-state index in [-0.39, 0.29) is 5.56 Å². The smallest absolute Gasteiger partial charge is 0.254 e. The zero-order valence-electron chi connectivity index (χ0n) is 5.74. The maximum atomic E-state index is 12.0. The molecule has 0 aliphatic carbocycles. The number of aryl methyl sites for hydroxylation is 1. The molecule has 0 spiro atoms. The van der Waals surface area contributed by atoms with Crippen molar-refractivity contribution < 1.29 is 13.2 Å². The van der Waals surface area contributed by atoms with Crippen molar-refractivity contribution in [3.8, 4) is 0 Å². The van der Waals surface area contributed by atoms with Gasteiger partial charge in [-0.05, 0) is 18.6 Å². The average Bonchev–Trinajstić information content (AvgIpc) is 1.86. The Bertz CT molecular complexity index is 254. The van der Waals surface area contributed by atoms with Crippen LogP contribution in [0, 0.1) is 13.1 Å². The van der Waals surface area contributed by atoms with Crippen molar-refractivity contribution in [3.05, 3.63) is 29.6 Å². The lowest BCUT2D eigenvalue weighted by Crippen LogP contribution is -2.07. The molecular weight excluding hydrogens is 155 g/mol. The highest BCUT2D eigenvalue weighted by atomic mass is 19.4. The lowest BCUT2D eigenvalue weighted by Gasteiger charge is -2.07. The van der Waals surface area contributed by atoms with Crippen LogP contribution >= 0.6 is 0 Å². The number of halogens is 3. The molecule has 4 heteroatoms. The molecule has 1 nitrogen and oxygen atoms in total. The van der Waals surface area contributed by atoms with Gasteiger partial charge in [-0.2, -0.15) is 13.2 Å². The van der Waals surface area contributed by atoms with Crippen molar-refractivity contribution in [2.75, 3.05) is 0 Å². The summed E-state index contributed by atoms with van der Waals surface area (Å²) in [5, 5.41) is 0. The minimum atomic E-state index is -4.29. The van der Waals surface area contributed by atoms with Gasteiger partial charge in [0, 0.05) is 6.20 Å². The summed E-state index contributed by atoms with van der Waals surface area (Å²) < 4.78 is 36.0. The number of nitrogens with zero attached hydrogens (tertiary/aromatic N) is 1. The van der Waals surface area contributed by atoms with E-state index in [1.807, 2.05) is 0 Å². The molecule has 0 saturated heterocycles. The number of aromatic nitrogens is 1. The molecule has 0 atom stereocenters. The topological polar surface area (TPSA) is 12.9 Å². The summed E-state index contributed by atoms with van der Waals surface area (Å²) >= 11 is 0. The maximum Gasteiger partial charge on any atom is 0.416 e. The Labute approximate surface area is 61.9 Å². The van der Waals surface area contributed by atoms with Gasteiger partial charge in [-0.3, -0.25) is 4.98 Å². The van der Waals surface area contributed by atoms with Gasteiger partial charge >= 0.3 is 6.18 Å². The lowest BCUT2D eigenvalue weighted by molar-refractivity contribution is -0.138. The molecule has 1 heterocycles. The third kappa shape index (κ3) is 1.69. The molecule has 1 radical (unpaired) electrons. The van der Waals surface area contributed by atoms with Crippen LogP contribution in [0.2, 0.25) is 0 Å². The molecule has 0 aliphatic rings. The predicted molar refractivity (Wildman–Crippen MR) is 32.8 cm³/mol. The van der Waals surface area contributed by atoms with E-state index < -0.39 is 11.7 Å². The largest absolute Gasteiger partial charge is 0.416 e. The van der Waals surface area contributed by atoms with E-state index >= 15 is 0 Å². The Kier molecular flexibility index (Phi) is 1.85. The van der Waals surface area contributed by atoms with Crippen LogP contribution in [0.3, 0.4) is 0 Å². The van der Waals surface area contributed by atoms with Crippen LogP contribution in [-0.4, -0.2) is 4.98 Å². The van der Waals surface area contributed by atoms with Crippen LogP contribution in [0.4, 0.5) is 13.2 Å². The molecule has 0 unspecified atom stereocenters. The Morgan fingerprint density at radius 2 is 2.09 bits per heavy atom. The van der Waals surface area contributed by atoms with Crippen LogP contribution in [0.5, 0.6) is 0 Å².